The normalized spacial score (nSPS) is 31.6. The van der Waals surface area contributed by atoms with Crippen LogP contribution in [0.4, 0.5) is 0 Å². The summed E-state index contributed by atoms with van der Waals surface area (Å²) in [6.45, 7) is 3.93. The minimum absolute atomic E-state index is 0. The summed E-state index contributed by atoms with van der Waals surface area (Å²) in [5.74, 6) is 0.736. The molecular weight excluding hydrogens is 332 g/mol. The van der Waals surface area contributed by atoms with Gasteiger partial charge >= 0.3 is 0 Å². The van der Waals surface area contributed by atoms with Gasteiger partial charge in [0.1, 0.15) is 0 Å². The predicted molar refractivity (Wildman–Crippen MR) is 106 cm³/mol. The van der Waals surface area contributed by atoms with E-state index in [1.807, 2.05) is 0 Å². The highest BCUT2D eigenvalue weighted by molar-refractivity contribution is 5.85. The smallest absolute Gasteiger partial charge is 0.0623 e. The van der Waals surface area contributed by atoms with Gasteiger partial charge in [-0.25, -0.2) is 0 Å². The zero-order valence-corrected chi connectivity index (χ0v) is 16.0. The van der Waals surface area contributed by atoms with Crippen LogP contribution in [0, 0.1) is 5.92 Å². The lowest BCUT2D eigenvalue weighted by Gasteiger charge is -2.36. The second kappa shape index (κ2) is 8.85. The molecule has 4 heteroatoms. The van der Waals surface area contributed by atoms with Crippen LogP contribution in [0.15, 0.2) is 30.3 Å². The van der Waals surface area contributed by atoms with Crippen molar-refractivity contribution in [3.8, 4) is 0 Å². The van der Waals surface area contributed by atoms with Crippen LogP contribution in [0.1, 0.15) is 50.5 Å². The van der Waals surface area contributed by atoms with Crippen molar-refractivity contribution in [3.05, 3.63) is 35.9 Å². The first kappa shape index (κ1) is 19.2. The molecule has 0 radical (unpaired) electrons. The highest BCUT2D eigenvalue weighted by Crippen LogP contribution is 2.41. The molecule has 0 spiro atoms. The fourth-order valence-corrected chi connectivity index (χ4v) is 5.32. The molecule has 140 valence electrons. The summed E-state index contributed by atoms with van der Waals surface area (Å²) in [7, 11) is 0. The van der Waals surface area contributed by atoms with Gasteiger partial charge in [0.15, 0.2) is 0 Å². The fourth-order valence-electron chi connectivity index (χ4n) is 5.32. The van der Waals surface area contributed by atoms with Crippen LogP contribution in [0.3, 0.4) is 0 Å². The van der Waals surface area contributed by atoms with Gasteiger partial charge in [0, 0.05) is 30.6 Å². The summed E-state index contributed by atoms with van der Waals surface area (Å²) >= 11 is 0. The highest BCUT2D eigenvalue weighted by atomic mass is 35.5. The van der Waals surface area contributed by atoms with Crippen LogP contribution in [0.25, 0.3) is 0 Å². The molecule has 3 atom stereocenters. The second-order valence-corrected chi connectivity index (χ2v) is 8.07. The van der Waals surface area contributed by atoms with Crippen LogP contribution in [0.2, 0.25) is 0 Å². The number of benzene rings is 1. The first-order valence-corrected chi connectivity index (χ1v) is 9.97. The van der Waals surface area contributed by atoms with E-state index >= 15 is 0 Å². The first-order valence-electron chi connectivity index (χ1n) is 9.97. The average molecular weight is 365 g/mol. The lowest BCUT2D eigenvalue weighted by molar-refractivity contribution is 0.0521. The summed E-state index contributed by atoms with van der Waals surface area (Å²) in [5.41, 5.74) is 1.91. The molecule has 0 amide bonds. The Labute approximate surface area is 158 Å². The van der Waals surface area contributed by atoms with Gasteiger partial charge in [0.25, 0.3) is 0 Å². The standard InChI is InChI=1S/C21H32N2O.ClH/c1-2-7-17(8-3-1)21(11-4-5-12-21)16-23-19-10-6-9-18(19)20-15-24-14-13-22-20;/h1-3,7-8,18-20,22-23H,4-6,9-16H2;1H. The summed E-state index contributed by atoms with van der Waals surface area (Å²) in [6, 6.07) is 12.4. The third-order valence-electron chi connectivity index (χ3n) is 6.69. The minimum Gasteiger partial charge on any atom is -0.379 e. The van der Waals surface area contributed by atoms with Gasteiger partial charge < -0.3 is 15.4 Å². The number of morpholine rings is 1. The number of nitrogens with one attached hydrogen (secondary N) is 2. The molecule has 0 aromatic heterocycles. The molecule has 4 rings (SSSR count). The Balaban J connectivity index is 0.00000182. The molecule has 1 saturated heterocycles. The average Bonchev–Trinajstić information content (AvgIpc) is 3.32. The van der Waals surface area contributed by atoms with Gasteiger partial charge in [-0.05, 0) is 37.2 Å². The molecule has 3 nitrogen and oxygen atoms in total. The van der Waals surface area contributed by atoms with E-state index in [0.717, 1.165) is 32.2 Å². The Bertz CT molecular complexity index is 512. The number of ether oxygens (including phenoxy) is 1. The van der Waals surface area contributed by atoms with Crippen molar-refractivity contribution in [1.29, 1.82) is 0 Å². The van der Waals surface area contributed by atoms with Crippen molar-refractivity contribution in [1.82, 2.24) is 10.6 Å². The molecule has 0 bridgehead atoms. The van der Waals surface area contributed by atoms with Crippen molar-refractivity contribution in [2.24, 2.45) is 5.92 Å². The molecule has 3 unspecified atom stereocenters. The third kappa shape index (κ3) is 4.21. The Morgan fingerprint density at radius 2 is 1.88 bits per heavy atom. The molecule has 2 N–H and O–H groups in total. The van der Waals surface area contributed by atoms with E-state index in [9.17, 15) is 0 Å². The zero-order valence-electron chi connectivity index (χ0n) is 15.2. The van der Waals surface area contributed by atoms with Crippen LogP contribution < -0.4 is 10.6 Å². The molecule has 1 aromatic carbocycles. The summed E-state index contributed by atoms with van der Waals surface area (Å²) < 4.78 is 5.72. The maximum Gasteiger partial charge on any atom is 0.0623 e. The SMILES string of the molecule is Cl.c1ccc(C2(CNC3CCCC3C3COCCN3)CCCC2)cc1. The Morgan fingerprint density at radius 1 is 1.08 bits per heavy atom. The predicted octanol–water partition coefficient (Wildman–Crippen LogP) is 3.67. The van der Waals surface area contributed by atoms with Crippen LogP contribution >= 0.6 is 12.4 Å². The van der Waals surface area contributed by atoms with E-state index in [0.29, 0.717) is 17.5 Å². The van der Waals surface area contributed by atoms with Crippen molar-refractivity contribution >= 4 is 12.4 Å². The molecule has 25 heavy (non-hydrogen) atoms. The second-order valence-electron chi connectivity index (χ2n) is 8.07. The van der Waals surface area contributed by atoms with Gasteiger partial charge in [0.2, 0.25) is 0 Å². The Kier molecular flexibility index (Phi) is 6.79. The fraction of sp³-hybridized carbons (Fsp3) is 0.714. The molecule has 1 heterocycles. The van der Waals surface area contributed by atoms with Crippen molar-refractivity contribution < 1.29 is 4.74 Å². The topological polar surface area (TPSA) is 33.3 Å². The highest BCUT2D eigenvalue weighted by Gasteiger charge is 2.39. The van der Waals surface area contributed by atoms with Crippen molar-refractivity contribution in [2.75, 3.05) is 26.3 Å². The number of hydrogen-bond acceptors (Lipinski definition) is 3. The Morgan fingerprint density at radius 3 is 2.60 bits per heavy atom. The number of rotatable bonds is 5. The molecule has 1 aliphatic heterocycles. The van der Waals surface area contributed by atoms with E-state index in [-0.39, 0.29) is 12.4 Å². The lowest BCUT2D eigenvalue weighted by Crippen LogP contribution is -2.52. The van der Waals surface area contributed by atoms with Crippen molar-refractivity contribution in [3.63, 3.8) is 0 Å². The van der Waals surface area contributed by atoms with Crippen LogP contribution in [-0.4, -0.2) is 38.4 Å². The van der Waals surface area contributed by atoms with E-state index < -0.39 is 0 Å². The van der Waals surface area contributed by atoms with Gasteiger partial charge in [-0.15, -0.1) is 12.4 Å². The molecular formula is C21H33ClN2O. The maximum absolute atomic E-state index is 5.72. The zero-order chi connectivity index (χ0) is 16.2. The summed E-state index contributed by atoms with van der Waals surface area (Å²) in [6.07, 6.45) is 9.47. The Hall–Kier alpha value is -0.610. The van der Waals surface area contributed by atoms with E-state index in [1.54, 1.807) is 5.56 Å². The quantitative estimate of drug-likeness (QED) is 0.836. The van der Waals surface area contributed by atoms with Gasteiger partial charge in [-0.3, -0.25) is 0 Å². The van der Waals surface area contributed by atoms with E-state index in [4.69, 9.17) is 4.74 Å². The molecule has 3 aliphatic rings. The molecule has 2 saturated carbocycles. The van der Waals surface area contributed by atoms with Gasteiger partial charge in [-0.1, -0.05) is 49.6 Å². The molecule has 3 fully saturated rings. The van der Waals surface area contributed by atoms with E-state index in [1.165, 1.54) is 44.9 Å². The number of halogens is 1. The monoisotopic (exact) mass is 364 g/mol. The number of hydrogen-bond donors (Lipinski definition) is 2. The molecule has 1 aromatic rings. The molecule has 2 aliphatic carbocycles. The van der Waals surface area contributed by atoms with Crippen LogP contribution in [0.5, 0.6) is 0 Å². The van der Waals surface area contributed by atoms with Crippen LogP contribution in [-0.2, 0) is 10.2 Å². The van der Waals surface area contributed by atoms with Crippen molar-refractivity contribution in [2.45, 2.75) is 62.4 Å². The first-order chi connectivity index (χ1) is 11.9. The van der Waals surface area contributed by atoms with Gasteiger partial charge in [0.05, 0.1) is 13.2 Å². The minimum atomic E-state index is 0. The van der Waals surface area contributed by atoms with Gasteiger partial charge in [-0.2, -0.15) is 0 Å². The largest absolute Gasteiger partial charge is 0.379 e. The summed E-state index contributed by atoms with van der Waals surface area (Å²) in [5, 5.41) is 7.71. The van der Waals surface area contributed by atoms with E-state index in [2.05, 4.69) is 41.0 Å². The lowest BCUT2D eigenvalue weighted by atomic mass is 9.78. The summed E-state index contributed by atoms with van der Waals surface area (Å²) in [4.78, 5) is 0. The third-order valence-corrected chi connectivity index (χ3v) is 6.69. The maximum atomic E-state index is 5.72.